The zero-order valence-electron chi connectivity index (χ0n) is 6.73. The molecule has 2 nitrogen and oxygen atoms in total. The molecule has 0 saturated heterocycles. The molecule has 0 unspecified atom stereocenters. The second-order valence-electron chi connectivity index (χ2n) is 2.41. The van der Waals surface area contributed by atoms with Crippen LogP contribution in [0.1, 0.15) is 6.92 Å². The molecule has 1 N–H and O–H groups in total. The summed E-state index contributed by atoms with van der Waals surface area (Å²) in [5, 5.41) is 8.66. The van der Waals surface area contributed by atoms with E-state index in [0.717, 1.165) is 4.46 Å². The van der Waals surface area contributed by atoms with Gasteiger partial charge in [-0.3, -0.25) is 0 Å². The number of benzene rings is 1. The zero-order valence-corrected chi connectivity index (χ0v) is 8.44. The van der Waals surface area contributed by atoms with Crippen LogP contribution in [0, 0.1) is 0 Å². The molecule has 12 heavy (non-hydrogen) atoms. The fourth-order valence-electron chi connectivity index (χ4n) is 0.754. The number of carboxylic acid groups (broad SMARTS) is 1. The first-order valence-electron chi connectivity index (χ1n) is 3.64. The Hall–Kier alpha value is -0.791. The standard InChI is InChI=1S/C9H10O2Se/c1-7(9(10)11)12-8-5-3-2-4-6-8/h2-7H,1H3,(H,10,11)/t7-/m0/s1. The Balaban J connectivity index is 2.58. The third kappa shape index (κ3) is 2.68. The van der Waals surface area contributed by atoms with E-state index in [9.17, 15) is 4.79 Å². The van der Waals surface area contributed by atoms with Gasteiger partial charge < -0.3 is 0 Å². The monoisotopic (exact) mass is 230 g/mol. The molecule has 0 heterocycles. The predicted molar refractivity (Wildman–Crippen MR) is 48.9 cm³/mol. The summed E-state index contributed by atoms with van der Waals surface area (Å²) in [5.41, 5.74) is 0. The van der Waals surface area contributed by atoms with Gasteiger partial charge in [-0.05, 0) is 0 Å². The van der Waals surface area contributed by atoms with E-state index >= 15 is 0 Å². The predicted octanol–water partition coefficient (Wildman–Crippen LogP) is 0.909. The molecule has 64 valence electrons. The van der Waals surface area contributed by atoms with Crippen molar-refractivity contribution in [2.24, 2.45) is 0 Å². The summed E-state index contributed by atoms with van der Waals surface area (Å²) in [6, 6.07) is 9.75. The summed E-state index contributed by atoms with van der Waals surface area (Å²) in [6.07, 6.45) is 0. The van der Waals surface area contributed by atoms with Crippen LogP contribution < -0.4 is 4.46 Å². The van der Waals surface area contributed by atoms with Gasteiger partial charge in [0.05, 0.1) is 0 Å². The normalized spacial score (nSPS) is 12.4. The Labute approximate surface area is 77.8 Å². The Kier molecular flexibility index (Phi) is 3.32. The van der Waals surface area contributed by atoms with Gasteiger partial charge in [0, 0.05) is 0 Å². The van der Waals surface area contributed by atoms with Crippen molar-refractivity contribution in [3.05, 3.63) is 30.3 Å². The number of carbonyl (C=O) groups is 1. The van der Waals surface area contributed by atoms with Crippen LogP contribution in [0.25, 0.3) is 0 Å². The molecule has 1 aromatic carbocycles. The summed E-state index contributed by atoms with van der Waals surface area (Å²) in [6.45, 7) is 1.75. The maximum absolute atomic E-state index is 10.5. The molecule has 1 atom stereocenters. The average molecular weight is 229 g/mol. The third-order valence-corrected chi connectivity index (χ3v) is 3.71. The summed E-state index contributed by atoms with van der Waals surface area (Å²) >= 11 is 0.0487. The van der Waals surface area contributed by atoms with Crippen molar-refractivity contribution in [1.82, 2.24) is 0 Å². The summed E-state index contributed by atoms with van der Waals surface area (Å²) in [5.74, 6) is -0.709. The molecule has 0 fully saturated rings. The molecule has 0 aromatic heterocycles. The van der Waals surface area contributed by atoms with E-state index in [2.05, 4.69) is 0 Å². The minimum atomic E-state index is -0.709. The van der Waals surface area contributed by atoms with Gasteiger partial charge in [-0.15, -0.1) is 0 Å². The third-order valence-electron chi connectivity index (χ3n) is 1.40. The second-order valence-corrected chi connectivity index (χ2v) is 5.38. The van der Waals surface area contributed by atoms with Gasteiger partial charge in [-0.1, -0.05) is 0 Å². The molecule has 0 bridgehead atoms. The molecular formula is C9H10O2Se. The Morgan fingerprint density at radius 1 is 1.42 bits per heavy atom. The van der Waals surface area contributed by atoms with Crippen LogP contribution in [0.5, 0.6) is 0 Å². The van der Waals surface area contributed by atoms with Crippen LogP contribution in [0.15, 0.2) is 30.3 Å². The van der Waals surface area contributed by atoms with Gasteiger partial charge >= 0.3 is 77.4 Å². The Bertz CT molecular complexity index is 258. The molecule has 3 heteroatoms. The molecule has 1 aromatic rings. The van der Waals surface area contributed by atoms with Crippen molar-refractivity contribution in [3.8, 4) is 0 Å². The van der Waals surface area contributed by atoms with Crippen LogP contribution in [-0.2, 0) is 4.79 Å². The van der Waals surface area contributed by atoms with Gasteiger partial charge in [0.25, 0.3) is 0 Å². The van der Waals surface area contributed by atoms with Crippen LogP contribution in [0.4, 0.5) is 0 Å². The quantitative estimate of drug-likeness (QED) is 0.782. The Morgan fingerprint density at radius 3 is 2.50 bits per heavy atom. The molecule has 0 aliphatic rings. The first-order chi connectivity index (χ1) is 5.70. The Morgan fingerprint density at radius 2 is 2.00 bits per heavy atom. The van der Waals surface area contributed by atoms with Crippen molar-refractivity contribution in [2.45, 2.75) is 11.7 Å². The zero-order chi connectivity index (χ0) is 8.97. The van der Waals surface area contributed by atoms with E-state index in [1.165, 1.54) is 0 Å². The van der Waals surface area contributed by atoms with E-state index in [0.29, 0.717) is 0 Å². The van der Waals surface area contributed by atoms with Crippen molar-refractivity contribution >= 4 is 25.4 Å². The van der Waals surface area contributed by atoms with Gasteiger partial charge in [-0.25, -0.2) is 0 Å². The number of aliphatic carboxylic acids is 1. The van der Waals surface area contributed by atoms with E-state index in [1.54, 1.807) is 6.92 Å². The molecule has 0 spiro atoms. The molecule has 0 amide bonds. The molecule has 0 aliphatic heterocycles. The topological polar surface area (TPSA) is 37.3 Å². The number of rotatable bonds is 3. The SMILES string of the molecule is C[C@H]([Se]c1ccccc1)C(=O)O. The van der Waals surface area contributed by atoms with Crippen LogP contribution in [-0.4, -0.2) is 26.0 Å². The van der Waals surface area contributed by atoms with E-state index < -0.39 is 5.97 Å². The van der Waals surface area contributed by atoms with Crippen molar-refractivity contribution < 1.29 is 9.90 Å². The van der Waals surface area contributed by atoms with E-state index in [-0.39, 0.29) is 19.8 Å². The number of carboxylic acids is 1. The summed E-state index contributed by atoms with van der Waals surface area (Å²) in [7, 11) is 0. The van der Waals surface area contributed by atoms with Crippen molar-refractivity contribution in [2.75, 3.05) is 0 Å². The number of hydrogen-bond donors (Lipinski definition) is 1. The molecule has 1 rings (SSSR count). The molecule has 0 aliphatic carbocycles. The van der Waals surface area contributed by atoms with Crippen molar-refractivity contribution in [1.29, 1.82) is 0 Å². The van der Waals surface area contributed by atoms with Crippen molar-refractivity contribution in [3.63, 3.8) is 0 Å². The minimum absolute atomic E-state index is 0.0487. The molecule has 0 saturated carbocycles. The van der Waals surface area contributed by atoms with E-state index in [1.807, 2.05) is 30.3 Å². The molecular weight excluding hydrogens is 219 g/mol. The summed E-state index contributed by atoms with van der Waals surface area (Å²) < 4.78 is 1.14. The van der Waals surface area contributed by atoms with Gasteiger partial charge in [0.2, 0.25) is 0 Å². The average Bonchev–Trinajstić information content (AvgIpc) is 2.06. The van der Waals surface area contributed by atoms with Gasteiger partial charge in [0.1, 0.15) is 0 Å². The first kappa shape index (κ1) is 9.30. The first-order valence-corrected chi connectivity index (χ1v) is 5.49. The van der Waals surface area contributed by atoms with E-state index in [4.69, 9.17) is 5.11 Å². The fourth-order valence-corrected chi connectivity index (χ4v) is 2.48. The molecule has 0 radical (unpaired) electrons. The van der Waals surface area contributed by atoms with Crippen LogP contribution in [0.3, 0.4) is 0 Å². The van der Waals surface area contributed by atoms with Gasteiger partial charge in [-0.2, -0.15) is 0 Å². The maximum atomic E-state index is 10.5. The van der Waals surface area contributed by atoms with Crippen LogP contribution in [0.2, 0.25) is 4.82 Å². The van der Waals surface area contributed by atoms with Crippen LogP contribution >= 0.6 is 0 Å². The fraction of sp³-hybridized carbons (Fsp3) is 0.222. The second kappa shape index (κ2) is 4.29. The summed E-state index contributed by atoms with van der Waals surface area (Å²) in [4.78, 5) is 10.3. The number of hydrogen-bond acceptors (Lipinski definition) is 1. The van der Waals surface area contributed by atoms with Gasteiger partial charge in [0.15, 0.2) is 0 Å².